The van der Waals surface area contributed by atoms with Gasteiger partial charge in [0.25, 0.3) is 0 Å². The van der Waals surface area contributed by atoms with Crippen LogP contribution in [0.3, 0.4) is 0 Å². The zero-order valence-corrected chi connectivity index (χ0v) is 19.1. The topological polar surface area (TPSA) is 138 Å². The Balaban J connectivity index is 1.76. The van der Waals surface area contributed by atoms with E-state index in [0.29, 0.717) is 17.3 Å². The molecule has 32 heavy (non-hydrogen) atoms. The highest BCUT2D eigenvalue weighted by atomic mass is 32.2. The summed E-state index contributed by atoms with van der Waals surface area (Å²) in [5, 5.41) is 11.3. The molecule has 0 amide bonds. The summed E-state index contributed by atoms with van der Waals surface area (Å²) in [4.78, 5) is 10.9. The monoisotopic (exact) mass is 455 g/mol. The first-order valence-electron chi connectivity index (χ1n) is 9.97. The van der Waals surface area contributed by atoms with Crippen LogP contribution in [0, 0.1) is 6.92 Å². The van der Waals surface area contributed by atoms with E-state index >= 15 is 0 Å². The first-order chi connectivity index (χ1) is 15.2. The largest absolute Gasteiger partial charge is 0.496 e. The molecule has 2 aromatic carbocycles. The molecule has 1 aliphatic rings. The van der Waals surface area contributed by atoms with Crippen molar-refractivity contribution in [3.8, 4) is 5.75 Å². The quantitative estimate of drug-likeness (QED) is 0.534. The van der Waals surface area contributed by atoms with Crippen molar-refractivity contribution in [2.75, 3.05) is 24.8 Å². The molecule has 168 valence electrons. The van der Waals surface area contributed by atoms with Crippen molar-refractivity contribution in [2.45, 2.75) is 24.5 Å². The van der Waals surface area contributed by atoms with Crippen LogP contribution in [-0.2, 0) is 15.6 Å². The number of guanidine groups is 1. The molecular weight excluding hydrogens is 430 g/mol. The highest BCUT2D eigenvalue weighted by molar-refractivity contribution is 7.91. The summed E-state index contributed by atoms with van der Waals surface area (Å²) < 4.78 is 30.3. The Morgan fingerprint density at radius 2 is 2.00 bits per heavy atom. The summed E-state index contributed by atoms with van der Waals surface area (Å²) in [6.07, 6.45) is 1.44. The first-order valence-corrected chi connectivity index (χ1v) is 11.6. The zero-order valence-electron chi connectivity index (χ0n) is 18.2. The number of aliphatic imine (C=N–C) groups is 2. The molecule has 4 N–H and O–H groups in total. The number of hydrogen-bond acceptors (Lipinski definition) is 9. The summed E-state index contributed by atoms with van der Waals surface area (Å²) in [6.45, 7) is 3.55. The Kier molecular flexibility index (Phi) is 5.39. The maximum Gasteiger partial charge on any atom is 0.237 e. The number of ether oxygens (including phenoxy) is 1. The van der Waals surface area contributed by atoms with Gasteiger partial charge in [0.1, 0.15) is 5.75 Å². The van der Waals surface area contributed by atoms with E-state index in [9.17, 15) is 8.42 Å². The number of H-pyrrole nitrogens is 1. The molecule has 2 heterocycles. The second-order valence-corrected chi connectivity index (χ2v) is 9.72. The number of benzene rings is 2. The van der Waals surface area contributed by atoms with E-state index in [-0.39, 0.29) is 10.6 Å². The van der Waals surface area contributed by atoms with Crippen LogP contribution in [0.2, 0.25) is 0 Å². The van der Waals surface area contributed by atoms with Gasteiger partial charge in [0.05, 0.1) is 35.2 Å². The summed E-state index contributed by atoms with van der Waals surface area (Å²) in [7, 11) is -0.131. The van der Waals surface area contributed by atoms with Gasteiger partial charge < -0.3 is 15.0 Å². The van der Waals surface area contributed by atoms with Gasteiger partial charge in [-0.2, -0.15) is 5.10 Å². The van der Waals surface area contributed by atoms with E-state index in [1.165, 1.54) is 25.6 Å². The van der Waals surface area contributed by atoms with Gasteiger partial charge in [0, 0.05) is 23.8 Å². The molecule has 1 atom stereocenters. The minimum absolute atomic E-state index is 0.0342. The van der Waals surface area contributed by atoms with Gasteiger partial charge in [-0.05, 0) is 43.3 Å². The highest BCUT2D eigenvalue weighted by Gasteiger charge is 2.34. The van der Waals surface area contributed by atoms with Crippen LogP contribution in [0.5, 0.6) is 5.75 Å². The third kappa shape index (κ3) is 3.69. The molecule has 1 unspecified atom stereocenters. The number of nitrogens with one attached hydrogen (secondary N) is 2. The van der Waals surface area contributed by atoms with Gasteiger partial charge in [-0.3, -0.25) is 10.8 Å². The van der Waals surface area contributed by atoms with Crippen molar-refractivity contribution in [3.05, 3.63) is 47.7 Å². The molecule has 3 aromatic rings. The van der Waals surface area contributed by atoms with E-state index in [0.717, 1.165) is 22.3 Å². The molecule has 0 fully saturated rings. The average molecular weight is 456 g/mol. The van der Waals surface area contributed by atoms with Crippen molar-refractivity contribution >= 4 is 38.7 Å². The lowest BCUT2D eigenvalue weighted by Crippen LogP contribution is -2.47. The Labute approximate surface area is 186 Å². The SMILES string of the molecule is CCS(=O)(=O)c1ccc(OC)c(C2(N)N=CNC(N(C)c3ccc4c(C)[nH]nc4c3)=N2)c1. The molecule has 11 heteroatoms. The fourth-order valence-electron chi connectivity index (χ4n) is 3.51. The number of fused-ring (bicyclic) bond motifs is 1. The minimum Gasteiger partial charge on any atom is -0.496 e. The third-order valence-corrected chi connectivity index (χ3v) is 7.20. The number of aromatic nitrogens is 2. The van der Waals surface area contributed by atoms with Crippen LogP contribution in [0.4, 0.5) is 5.69 Å². The average Bonchev–Trinajstić information content (AvgIpc) is 3.18. The summed E-state index contributed by atoms with van der Waals surface area (Å²) in [5.74, 6) is -0.791. The number of rotatable bonds is 5. The smallest absolute Gasteiger partial charge is 0.237 e. The van der Waals surface area contributed by atoms with Gasteiger partial charge in [-0.15, -0.1) is 0 Å². The number of sulfone groups is 1. The number of hydrogen-bond donors (Lipinski definition) is 3. The predicted octanol–water partition coefficient (Wildman–Crippen LogP) is 1.87. The van der Waals surface area contributed by atoms with Crippen LogP contribution in [0.15, 0.2) is 51.3 Å². The molecule has 10 nitrogen and oxygen atoms in total. The Morgan fingerprint density at radius 1 is 1.22 bits per heavy atom. The van der Waals surface area contributed by atoms with Crippen LogP contribution in [0.25, 0.3) is 10.9 Å². The molecule has 0 saturated carbocycles. The van der Waals surface area contributed by atoms with E-state index in [1.54, 1.807) is 13.0 Å². The fraction of sp³-hybridized carbons (Fsp3) is 0.286. The Bertz CT molecular complexity index is 1350. The van der Waals surface area contributed by atoms with Gasteiger partial charge in [-0.25, -0.2) is 18.4 Å². The van der Waals surface area contributed by atoms with Crippen molar-refractivity contribution in [1.82, 2.24) is 15.5 Å². The summed E-state index contributed by atoms with van der Waals surface area (Å²) >= 11 is 0. The number of aromatic amines is 1. The normalized spacial score (nSPS) is 18.3. The lowest BCUT2D eigenvalue weighted by Gasteiger charge is -2.31. The number of nitrogens with zero attached hydrogens (tertiary/aromatic N) is 4. The first kappa shape index (κ1) is 21.8. The van der Waals surface area contributed by atoms with Crippen molar-refractivity contribution in [2.24, 2.45) is 15.7 Å². The van der Waals surface area contributed by atoms with Crippen LogP contribution in [-0.4, -0.2) is 50.8 Å². The maximum absolute atomic E-state index is 12.4. The van der Waals surface area contributed by atoms with Gasteiger partial charge in [0.15, 0.2) is 9.84 Å². The van der Waals surface area contributed by atoms with Crippen molar-refractivity contribution in [3.63, 3.8) is 0 Å². The predicted molar refractivity (Wildman–Crippen MR) is 125 cm³/mol. The Hall–Kier alpha value is -3.44. The molecule has 1 aromatic heterocycles. The van der Waals surface area contributed by atoms with E-state index < -0.39 is 15.6 Å². The summed E-state index contributed by atoms with van der Waals surface area (Å²) in [5.41, 5.74) is 9.56. The van der Waals surface area contributed by atoms with Gasteiger partial charge in [0.2, 0.25) is 11.7 Å². The number of nitrogens with two attached hydrogens (primary N) is 1. The van der Waals surface area contributed by atoms with E-state index in [2.05, 4.69) is 25.5 Å². The number of aryl methyl sites for hydroxylation is 1. The second-order valence-electron chi connectivity index (χ2n) is 7.44. The fourth-order valence-corrected chi connectivity index (χ4v) is 4.42. The van der Waals surface area contributed by atoms with Crippen molar-refractivity contribution < 1.29 is 13.2 Å². The van der Waals surface area contributed by atoms with E-state index in [1.807, 2.05) is 37.1 Å². The minimum atomic E-state index is -3.45. The molecule has 0 aliphatic carbocycles. The second kappa shape index (κ2) is 7.92. The Morgan fingerprint density at radius 3 is 2.72 bits per heavy atom. The lowest BCUT2D eigenvalue weighted by molar-refractivity contribution is 0.384. The molecule has 0 bridgehead atoms. The molecule has 4 rings (SSSR count). The molecule has 1 aliphatic heterocycles. The van der Waals surface area contributed by atoms with Crippen LogP contribution < -0.4 is 20.7 Å². The molecular formula is C21H25N7O3S. The van der Waals surface area contributed by atoms with E-state index in [4.69, 9.17) is 10.5 Å². The maximum atomic E-state index is 12.4. The van der Waals surface area contributed by atoms with Gasteiger partial charge >= 0.3 is 0 Å². The van der Waals surface area contributed by atoms with Gasteiger partial charge in [-0.1, -0.05) is 6.92 Å². The number of methoxy groups -OCH3 is 1. The third-order valence-electron chi connectivity index (χ3n) is 5.47. The molecule has 0 spiro atoms. The standard InChI is InChI=1S/C21H25N7O3S/c1-5-32(29,30)15-7-9-19(31-4)17(11-15)21(22)24-12-23-20(25-21)28(3)14-6-8-16-13(2)26-27-18(16)10-14/h6-12H,5,22H2,1-4H3,(H,26,27)(H,23,24,25). The lowest BCUT2D eigenvalue weighted by atomic mass is 10.1. The molecule has 0 saturated heterocycles. The van der Waals surface area contributed by atoms with Crippen LogP contribution >= 0.6 is 0 Å². The number of anilines is 1. The van der Waals surface area contributed by atoms with Crippen molar-refractivity contribution in [1.29, 1.82) is 0 Å². The zero-order chi connectivity index (χ0) is 23.1. The summed E-state index contributed by atoms with van der Waals surface area (Å²) in [6, 6.07) is 10.4. The highest BCUT2D eigenvalue weighted by Crippen LogP contribution is 2.34. The van der Waals surface area contributed by atoms with Crippen LogP contribution in [0.1, 0.15) is 18.2 Å². The molecule has 0 radical (unpaired) electrons.